The van der Waals surface area contributed by atoms with E-state index in [1.807, 2.05) is 27.7 Å². The summed E-state index contributed by atoms with van der Waals surface area (Å²) in [6.45, 7) is 9.13. The molecule has 0 saturated carbocycles. The van der Waals surface area contributed by atoms with Crippen molar-refractivity contribution in [2.45, 2.75) is 27.7 Å². The summed E-state index contributed by atoms with van der Waals surface area (Å²) in [6.07, 6.45) is -1.06. The van der Waals surface area contributed by atoms with E-state index >= 15 is 0 Å². The van der Waals surface area contributed by atoms with E-state index in [0.717, 1.165) is 0 Å². The third kappa shape index (κ3) is 4.99. The summed E-state index contributed by atoms with van der Waals surface area (Å²) < 4.78 is 0. The Hall–Kier alpha value is -0.730. The van der Waals surface area contributed by atoms with Gasteiger partial charge >= 0.3 is 0 Å². The lowest BCUT2D eigenvalue weighted by Gasteiger charge is -2.28. The zero-order valence-corrected chi connectivity index (χ0v) is 8.33. The largest absolute Gasteiger partial charge is 0.530 e. The topological polar surface area (TPSA) is 43.4 Å². The normalized spacial score (nSPS) is 10.8. The Labute approximate surface area is 74.4 Å². The van der Waals surface area contributed by atoms with Gasteiger partial charge in [-0.25, -0.2) is 0 Å². The first-order valence-corrected chi connectivity index (χ1v) is 4.39. The third-order valence-corrected chi connectivity index (χ3v) is 1.43. The Morgan fingerprint density at radius 1 is 1.17 bits per heavy atom. The van der Waals surface area contributed by atoms with Crippen molar-refractivity contribution in [2.24, 2.45) is 11.8 Å². The number of nitrogens with zero attached hydrogens (tertiary/aromatic N) is 1. The van der Waals surface area contributed by atoms with E-state index in [1.54, 1.807) is 0 Å². The van der Waals surface area contributed by atoms with Crippen LogP contribution in [-0.2, 0) is 0 Å². The Morgan fingerprint density at radius 2 is 1.50 bits per heavy atom. The molecule has 0 rings (SSSR count). The van der Waals surface area contributed by atoms with E-state index in [2.05, 4.69) is 0 Å². The summed E-state index contributed by atoms with van der Waals surface area (Å²) in [5, 5.41) is 10.6. The van der Waals surface area contributed by atoms with E-state index in [1.165, 1.54) is 4.90 Å². The molecule has 0 radical (unpaired) electrons. The molecule has 0 heterocycles. The van der Waals surface area contributed by atoms with Crippen molar-refractivity contribution < 1.29 is 9.90 Å². The van der Waals surface area contributed by atoms with Crippen LogP contribution in [-0.4, -0.2) is 24.1 Å². The maximum Gasteiger partial charge on any atom is 0.136 e. The predicted molar refractivity (Wildman–Crippen MR) is 46.6 cm³/mol. The number of carbonyl (C=O) groups is 1. The molecule has 0 aliphatic carbocycles. The molecule has 0 fully saturated rings. The highest BCUT2D eigenvalue weighted by Crippen LogP contribution is 2.02. The minimum atomic E-state index is -1.06. The molecule has 12 heavy (non-hydrogen) atoms. The van der Waals surface area contributed by atoms with Gasteiger partial charge < -0.3 is 14.8 Å². The fourth-order valence-electron chi connectivity index (χ4n) is 1.11. The SMILES string of the molecule is CC(C)CN(CC(C)C)C(=O)[O-]. The van der Waals surface area contributed by atoms with Crippen LogP contribution in [0.25, 0.3) is 0 Å². The second kappa shape index (κ2) is 5.01. The van der Waals surface area contributed by atoms with Gasteiger partial charge in [-0.05, 0) is 11.8 Å². The van der Waals surface area contributed by atoms with Gasteiger partial charge in [0.1, 0.15) is 6.09 Å². The fourth-order valence-corrected chi connectivity index (χ4v) is 1.11. The fraction of sp³-hybridized carbons (Fsp3) is 0.889. The van der Waals surface area contributed by atoms with Gasteiger partial charge in [-0.3, -0.25) is 0 Å². The number of amides is 1. The number of hydrogen-bond donors (Lipinski definition) is 0. The molecule has 0 unspecified atom stereocenters. The van der Waals surface area contributed by atoms with Crippen LogP contribution in [0, 0.1) is 11.8 Å². The average molecular weight is 172 g/mol. The van der Waals surface area contributed by atoms with Crippen molar-refractivity contribution >= 4 is 6.09 Å². The Balaban J connectivity index is 3.96. The zero-order valence-electron chi connectivity index (χ0n) is 8.33. The molecule has 0 aliphatic rings. The first kappa shape index (κ1) is 11.3. The lowest BCUT2D eigenvalue weighted by atomic mass is 10.1. The molecule has 0 spiro atoms. The molecular formula is C9H18NO2-. The van der Waals surface area contributed by atoms with E-state index in [0.29, 0.717) is 24.9 Å². The predicted octanol–water partition coefficient (Wildman–Crippen LogP) is 0.944. The minimum absolute atomic E-state index is 0.363. The molecule has 3 heteroatoms. The highest BCUT2D eigenvalue weighted by molar-refractivity contribution is 5.62. The number of carboxylic acid groups (broad SMARTS) is 1. The quantitative estimate of drug-likeness (QED) is 0.633. The van der Waals surface area contributed by atoms with Crippen LogP contribution in [0.1, 0.15) is 27.7 Å². The monoisotopic (exact) mass is 172 g/mol. The smallest absolute Gasteiger partial charge is 0.136 e. The van der Waals surface area contributed by atoms with Crippen molar-refractivity contribution in [3.63, 3.8) is 0 Å². The summed E-state index contributed by atoms with van der Waals surface area (Å²) in [6, 6.07) is 0. The Kier molecular flexibility index (Phi) is 4.71. The molecule has 0 aromatic rings. The second-order valence-corrected chi connectivity index (χ2v) is 3.96. The molecule has 1 amide bonds. The van der Waals surface area contributed by atoms with Crippen LogP contribution in [0.5, 0.6) is 0 Å². The highest BCUT2D eigenvalue weighted by atomic mass is 16.4. The number of rotatable bonds is 4. The van der Waals surface area contributed by atoms with Crippen LogP contribution in [0.4, 0.5) is 4.79 Å². The molecule has 0 aromatic heterocycles. The molecular weight excluding hydrogens is 154 g/mol. The summed E-state index contributed by atoms with van der Waals surface area (Å²) in [7, 11) is 0. The van der Waals surface area contributed by atoms with E-state index in [-0.39, 0.29) is 0 Å². The van der Waals surface area contributed by atoms with Gasteiger partial charge in [0.25, 0.3) is 0 Å². The standard InChI is InChI=1S/C9H19NO2/c1-7(2)5-10(9(11)12)6-8(3)4/h7-8H,5-6H2,1-4H3,(H,11,12)/p-1. The maximum absolute atomic E-state index is 10.6. The minimum Gasteiger partial charge on any atom is -0.530 e. The van der Waals surface area contributed by atoms with Crippen LogP contribution in [0.15, 0.2) is 0 Å². The van der Waals surface area contributed by atoms with Crippen LogP contribution >= 0.6 is 0 Å². The number of hydrogen-bond acceptors (Lipinski definition) is 2. The van der Waals surface area contributed by atoms with Crippen molar-refractivity contribution in [1.82, 2.24) is 4.90 Å². The van der Waals surface area contributed by atoms with Crippen LogP contribution < -0.4 is 5.11 Å². The Morgan fingerprint density at radius 3 is 1.67 bits per heavy atom. The van der Waals surface area contributed by atoms with Crippen molar-refractivity contribution in [3.05, 3.63) is 0 Å². The van der Waals surface area contributed by atoms with Crippen molar-refractivity contribution in [1.29, 1.82) is 0 Å². The molecule has 0 atom stereocenters. The van der Waals surface area contributed by atoms with Crippen molar-refractivity contribution in [3.8, 4) is 0 Å². The highest BCUT2D eigenvalue weighted by Gasteiger charge is 2.08. The summed E-state index contributed by atoms with van der Waals surface area (Å²) in [5.74, 6) is 0.725. The van der Waals surface area contributed by atoms with Gasteiger partial charge in [-0.2, -0.15) is 0 Å². The van der Waals surface area contributed by atoms with Gasteiger partial charge in [0.15, 0.2) is 0 Å². The van der Waals surface area contributed by atoms with Gasteiger partial charge in [0.2, 0.25) is 0 Å². The molecule has 0 aliphatic heterocycles. The molecule has 0 saturated heterocycles. The zero-order chi connectivity index (χ0) is 9.72. The van der Waals surface area contributed by atoms with Gasteiger partial charge in [-0.15, -0.1) is 0 Å². The summed E-state index contributed by atoms with van der Waals surface area (Å²) >= 11 is 0. The first-order valence-electron chi connectivity index (χ1n) is 4.39. The van der Waals surface area contributed by atoms with E-state index < -0.39 is 6.09 Å². The Bertz CT molecular complexity index is 133. The maximum atomic E-state index is 10.6. The lowest BCUT2D eigenvalue weighted by molar-refractivity contribution is -0.266. The third-order valence-electron chi connectivity index (χ3n) is 1.43. The molecule has 3 nitrogen and oxygen atoms in total. The summed E-state index contributed by atoms with van der Waals surface area (Å²) in [5.41, 5.74) is 0. The van der Waals surface area contributed by atoms with E-state index in [9.17, 15) is 9.90 Å². The van der Waals surface area contributed by atoms with Gasteiger partial charge in [-0.1, -0.05) is 27.7 Å². The second-order valence-electron chi connectivity index (χ2n) is 3.96. The number of carbonyl (C=O) groups excluding carboxylic acids is 1. The molecule has 0 bridgehead atoms. The molecule has 0 aromatic carbocycles. The van der Waals surface area contributed by atoms with Gasteiger partial charge in [0.05, 0.1) is 0 Å². The lowest BCUT2D eigenvalue weighted by Crippen LogP contribution is -2.44. The van der Waals surface area contributed by atoms with Gasteiger partial charge in [0, 0.05) is 13.1 Å². The molecule has 72 valence electrons. The van der Waals surface area contributed by atoms with Crippen molar-refractivity contribution in [2.75, 3.05) is 13.1 Å². The first-order chi connectivity index (χ1) is 5.43. The average Bonchev–Trinajstić information content (AvgIpc) is 1.83. The molecule has 0 N–H and O–H groups in total. The van der Waals surface area contributed by atoms with Crippen LogP contribution in [0.3, 0.4) is 0 Å². The van der Waals surface area contributed by atoms with E-state index in [4.69, 9.17) is 0 Å². The van der Waals surface area contributed by atoms with Crippen LogP contribution in [0.2, 0.25) is 0 Å². The summed E-state index contributed by atoms with van der Waals surface area (Å²) in [4.78, 5) is 12.0.